The van der Waals surface area contributed by atoms with Crippen molar-refractivity contribution in [2.75, 3.05) is 11.5 Å². The lowest BCUT2D eigenvalue weighted by atomic mass is 10.3. The lowest BCUT2D eigenvalue weighted by Crippen LogP contribution is -2.06. The zero-order valence-electron chi connectivity index (χ0n) is 7.29. The minimum absolute atomic E-state index is 0. The molecule has 0 bridgehead atoms. The van der Waals surface area contributed by atoms with E-state index in [9.17, 15) is 16.8 Å². The Bertz CT molecular complexity index is 297. The molecule has 0 aromatic rings. The molecular formula is C5H13ClO6S2. The second-order valence-corrected chi connectivity index (χ2v) is 5.78. The van der Waals surface area contributed by atoms with Crippen LogP contribution in [0.5, 0.6) is 0 Å². The SMILES string of the molecule is Cl.O=S(=O)(O)CCCCCS(=O)(=O)O. The van der Waals surface area contributed by atoms with Crippen LogP contribution in [-0.2, 0) is 20.2 Å². The summed E-state index contributed by atoms with van der Waals surface area (Å²) in [5.74, 6) is -0.753. The highest BCUT2D eigenvalue weighted by molar-refractivity contribution is 7.86. The lowest BCUT2D eigenvalue weighted by Gasteiger charge is -1.97. The van der Waals surface area contributed by atoms with Crippen LogP contribution in [0.3, 0.4) is 0 Å². The smallest absolute Gasteiger partial charge is 0.264 e. The molecule has 0 aliphatic rings. The van der Waals surface area contributed by atoms with Crippen molar-refractivity contribution < 1.29 is 25.9 Å². The van der Waals surface area contributed by atoms with Crippen LogP contribution < -0.4 is 0 Å². The molecule has 0 saturated carbocycles. The molecule has 0 spiro atoms. The minimum Gasteiger partial charge on any atom is -0.286 e. The van der Waals surface area contributed by atoms with Crippen molar-refractivity contribution in [1.29, 1.82) is 0 Å². The van der Waals surface area contributed by atoms with Gasteiger partial charge in [-0.1, -0.05) is 6.42 Å². The third-order valence-corrected chi connectivity index (χ3v) is 2.91. The standard InChI is InChI=1S/C5H12O6S2.ClH/c6-12(7,8)4-2-1-3-5-13(9,10)11;/h1-5H2,(H,6,7,8)(H,9,10,11);1H. The second-order valence-electron chi connectivity index (χ2n) is 2.63. The van der Waals surface area contributed by atoms with E-state index in [2.05, 4.69) is 0 Å². The van der Waals surface area contributed by atoms with E-state index < -0.39 is 20.2 Å². The maximum Gasteiger partial charge on any atom is 0.264 e. The van der Waals surface area contributed by atoms with Gasteiger partial charge in [0.05, 0.1) is 11.5 Å². The number of unbranched alkanes of at least 4 members (excludes halogenated alkanes) is 2. The summed E-state index contributed by atoms with van der Waals surface area (Å²) in [5, 5.41) is 0. The molecule has 0 unspecified atom stereocenters. The van der Waals surface area contributed by atoms with Crippen molar-refractivity contribution in [2.24, 2.45) is 0 Å². The van der Waals surface area contributed by atoms with Gasteiger partial charge in [-0.15, -0.1) is 12.4 Å². The predicted molar refractivity (Wildman–Crippen MR) is 53.9 cm³/mol. The summed E-state index contributed by atoms with van der Waals surface area (Å²) < 4.78 is 57.3. The first kappa shape index (κ1) is 16.5. The Balaban J connectivity index is 0. The summed E-state index contributed by atoms with van der Waals surface area (Å²) in [6.45, 7) is 0. The van der Waals surface area contributed by atoms with E-state index in [1.807, 2.05) is 0 Å². The fourth-order valence-corrected chi connectivity index (χ4v) is 1.88. The Morgan fingerprint density at radius 1 is 0.714 bits per heavy atom. The summed E-state index contributed by atoms with van der Waals surface area (Å²) in [6, 6.07) is 0. The molecule has 14 heavy (non-hydrogen) atoms. The molecule has 0 fully saturated rings. The van der Waals surface area contributed by atoms with E-state index in [0.717, 1.165) is 0 Å². The molecule has 0 atom stereocenters. The quantitative estimate of drug-likeness (QED) is 0.532. The van der Waals surface area contributed by atoms with E-state index in [0.29, 0.717) is 6.42 Å². The van der Waals surface area contributed by atoms with Crippen LogP contribution in [0.1, 0.15) is 19.3 Å². The average molecular weight is 269 g/mol. The Morgan fingerprint density at radius 2 is 1.00 bits per heavy atom. The largest absolute Gasteiger partial charge is 0.286 e. The van der Waals surface area contributed by atoms with Crippen LogP contribution >= 0.6 is 12.4 Å². The van der Waals surface area contributed by atoms with E-state index in [4.69, 9.17) is 9.11 Å². The van der Waals surface area contributed by atoms with Crippen LogP contribution in [0, 0.1) is 0 Å². The Morgan fingerprint density at radius 3 is 1.21 bits per heavy atom. The molecule has 6 nitrogen and oxygen atoms in total. The van der Waals surface area contributed by atoms with Crippen LogP contribution in [0.2, 0.25) is 0 Å². The molecule has 2 N–H and O–H groups in total. The maximum atomic E-state index is 10.2. The fraction of sp³-hybridized carbons (Fsp3) is 1.00. The fourth-order valence-electron chi connectivity index (χ4n) is 0.746. The van der Waals surface area contributed by atoms with Crippen LogP contribution in [0.25, 0.3) is 0 Å². The zero-order valence-corrected chi connectivity index (χ0v) is 9.74. The normalized spacial score (nSPS) is 12.1. The molecule has 88 valence electrons. The van der Waals surface area contributed by atoms with Gasteiger partial charge in [-0.05, 0) is 12.8 Å². The third kappa shape index (κ3) is 14.6. The van der Waals surface area contributed by atoms with Crippen molar-refractivity contribution in [3.63, 3.8) is 0 Å². The summed E-state index contributed by atoms with van der Waals surface area (Å²) >= 11 is 0. The summed E-state index contributed by atoms with van der Waals surface area (Å²) in [6.07, 6.45) is 0.711. The van der Waals surface area contributed by atoms with Crippen molar-refractivity contribution in [3.05, 3.63) is 0 Å². The molecule has 0 aromatic carbocycles. The van der Waals surface area contributed by atoms with Crippen molar-refractivity contribution >= 4 is 32.6 Å². The van der Waals surface area contributed by atoms with Gasteiger partial charge in [0.15, 0.2) is 0 Å². The maximum absolute atomic E-state index is 10.2. The topological polar surface area (TPSA) is 109 Å². The summed E-state index contributed by atoms with van der Waals surface area (Å²) in [5.41, 5.74) is 0. The zero-order chi connectivity index (χ0) is 10.5. The first-order chi connectivity index (χ1) is 5.71. The van der Waals surface area contributed by atoms with Gasteiger partial charge in [0, 0.05) is 0 Å². The van der Waals surface area contributed by atoms with Gasteiger partial charge in [0.1, 0.15) is 0 Å². The highest BCUT2D eigenvalue weighted by Gasteiger charge is 2.06. The molecule has 0 aromatic heterocycles. The van der Waals surface area contributed by atoms with Gasteiger partial charge in [-0.3, -0.25) is 9.11 Å². The highest BCUT2D eigenvalue weighted by Crippen LogP contribution is 2.00. The van der Waals surface area contributed by atoms with Gasteiger partial charge >= 0.3 is 0 Å². The summed E-state index contributed by atoms with van der Waals surface area (Å²) in [4.78, 5) is 0. The van der Waals surface area contributed by atoms with Crippen molar-refractivity contribution in [1.82, 2.24) is 0 Å². The molecule has 9 heteroatoms. The van der Waals surface area contributed by atoms with Crippen molar-refractivity contribution in [2.45, 2.75) is 19.3 Å². The highest BCUT2D eigenvalue weighted by atomic mass is 35.5. The van der Waals surface area contributed by atoms with Gasteiger partial charge in [-0.25, -0.2) is 0 Å². The van der Waals surface area contributed by atoms with Crippen LogP contribution in [0.4, 0.5) is 0 Å². The molecule has 0 amide bonds. The lowest BCUT2D eigenvalue weighted by molar-refractivity contribution is 0.477. The predicted octanol–water partition coefficient (Wildman–Crippen LogP) is 0.354. The van der Waals surface area contributed by atoms with Gasteiger partial charge in [0.25, 0.3) is 20.2 Å². The van der Waals surface area contributed by atoms with Gasteiger partial charge < -0.3 is 0 Å². The van der Waals surface area contributed by atoms with Crippen molar-refractivity contribution in [3.8, 4) is 0 Å². The number of hydrogen-bond acceptors (Lipinski definition) is 4. The first-order valence-corrected chi connectivity index (χ1v) is 6.83. The van der Waals surface area contributed by atoms with E-state index in [1.165, 1.54) is 0 Å². The molecule has 0 rings (SSSR count). The average Bonchev–Trinajstić information content (AvgIpc) is 1.81. The Labute approximate surface area is 89.6 Å². The first-order valence-electron chi connectivity index (χ1n) is 3.61. The monoisotopic (exact) mass is 268 g/mol. The molecule has 0 aliphatic carbocycles. The van der Waals surface area contributed by atoms with Crippen LogP contribution in [-0.4, -0.2) is 37.4 Å². The molecule has 0 heterocycles. The van der Waals surface area contributed by atoms with Gasteiger partial charge in [-0.2, -0.15) is 16.8 Å². The van der Waals surface area contributed by atoms with E-state index in [-0.39, 0.29) is 36.8 Å². The molecule has 0 saturated heterocycles. The number of rotatable bonds is 6. The molecule has 0 radical (unpaired) electrons. The molecule has 0 aliphatic heterocycles. The third-order valence-electron chi connectivity index (χ3n) is 1.30. The Kier molecular flexibility index (Phi) is 7.76. The number of hydrogen-bond donors (Lipinski definition) is 2. The van der Waals surface area contributed by atoms with Gasteiger partial charge in [0.2, 0.25) is 0 Å². The number of halogens is 1. The minimum atomic E-state index is -3.95. The molecular weight excluding hydrogens is 256 g/mol. The summed E-state index contributed by atoms with van der Waals surface area (Å²) in [7, 11) is -7.90. The van der Waals surface area contributed by atoms with E-state index >= 15 is 0 Å². The second kappa shape index (κ2) is 6.57. The van der Waals surface area contributed by atoms with E-state index in [1.54, 1.807) is 0 Å². The Hall–Kier alpha value is 0.110. The van der Waals surface area contributed by atoms with Crippen LogP contribution in [0.15, 0.2) is 0 Å².